The molecule has 2 heterocycles. The van der Waals surface area contributed by atoms with Crippen LogP contribution >= 0.6 is 0 Å². The Morgan fingerprint density at radius 3 is 2.57 bits per heavy atom. The van der Waals surface area contributed by atoms with E-state index in [-0.39, 0.29) is 0 Å². The summed E-state index contributed by atoms with van der Waals surface area (Å²) in [7, 11) is 0. The molecular formula is C10H17N3O. The van der Waals surface area contributed by atoms with E-state index in [4.69, 9.17) is 10.5 Å². The Kier molecular flexibility index (Phi) is 2.46. The number of rotatable bonds is 1. The van der Waals surface area contributed by atoms with Crippen molar-refractivity contribution in [3.8, 4) is 0 Å². The number of aromatic amines is 1. The second kappa shape index (κ2) is 3.61. The van der Waals surface area contributed by atoms with E-state index in [1.807, 2.05) is 6.07 Å². The van der Waals surface area contributed by atoms with E-state index in [0.717, 1.165) is 18.5 Å². The first-order chi connectivity index (χ1) is 6.65. The minimum absolute atomic E-state index is 0.327. The molecule has 1 aromatic rings. The van der Waals surface area contributed by atoms with Gasteiger partial charge in [0, 0.05) is 17.7 Å². The first-order valence-corrected chi connectivity index (χ1v) is 5.11. The van der Waals surface area contributed by atoms with Gasteiger partial charge in [-0.25, -0.2) is 0 Å². The average molecular weight is 195 g/mol. The summed E-state index contributed by atoms with van der Waals surface area (Å²) in [5.41, 5.74) is 6.72. The predicted octanol–water partition coefficient (Wildman–Crippen LogP) is 1.66. The van der Waals surface area contributed by atoms with Gasteiger partial charge < -0.3 is 10.5 Å². The SMILES string of the molecule is CC1CC(c2cc(N)n[nH]2)CC(C)O1. The number of H-pyrrole nitrogens is 1. The van der Waals surface area contributed by atoms with Crippen molar-refractivity contribution in [2.75, 3.05) is 5.73 Å². The van der Waals surface area contributed by atoms with Crippen molar-refractivity contribution in [2.24, 2.45) is 0 Å². The van der Waals surface area contributed by atoms with Gasteiger partial charge in [0.15, 0.2) is 0 Å². The van der Waals surface area contributed by atoms with Gasteiger partial charge in [-0.05, 0) is 26.7 Å². The van der Waals surface area contributed by atoms with Crippen LogP contribution in [0.3, 0.4) is 0 Å². The maximum absolute atomic E-state index is 5.68. The summed E-state index contributed by atoms with van der Waals surface area (Å²) in [5.74, 6) is 1.09. The highest BCUT2D eigenvalue weighted by molar-refractivity contribution is 5.30. The fourth-order valence-corrected chi connectivity index (χ4v) is 2.22. The summed E-state index contributed by atoms with van der Waals surface area (Å²) in [6, 6.07) is 1.93. The van der Waals surface area contributed by atoms with Crippen LogP contribution in [0.5, 0.6) is 0 Å². The smallest absolute Gasteiger partial charge is 0.145 e. The van der Waals surface area contributed by atoms with Crippen LogP contribution in [0.25, 0.3) is 0 Å². The Bertz CT molecular complexity index is 300. The van der Waals surface area contributed by atoms with Gasteiger partial charge in [0.25, 0.3) is 0 Å². The topological polar surface area (TPSA) is 63.9 Å². The maximum Gasteiger partial charge on any atom is 0.145 e. The van der Waals surface area contributed by atoms with Gasteiger partial charge in [0.2, 0.25) is 0 Å². The molecule has 1 saturated heterocycles. The van der Waals surface area contributed by atoms with Crippen LogP contribution in [0.15, 0.2) is 6.07 Å². The molecule has 0 bridgehead atoms. The molecule has 1 aromatic heterocycles. The summed E-state index contributed by atoms with van der Waals surface area (Å²) in [5, 5.41) is 6.94. The summed E-state index contributed by atoms with van der Waals surface area (Å²) in [6.45, 7) is 4.23. The molecule has 3 N–H and O–H groups in total. The zero-order valence-electron chi connectivity index (χ0n) is 8.66. The summed E-state index contributed by atoms with van der Waals surface area (Å²) in [4.78, 5) is 0. The molecule has 0 saturated carbocycles. The number of hydrogen-bond donors (Lipinski definition) is 2. The van der Waals surface area contributed by atoms with E-state index in [9.17, 15) is 0 Å². The molecule has 0 spiro atoms. The lowest BCUT2D eigenvalue weighted by Gasteiger charge is -2.31. The van der Waals surface area contributed by atoms with Crippen molar-refractivity contribution >= 4 is 5.82 Å². The molecule has 4 heteroatoms. The number of aromatic nitrogens is 2. The molecule has 0 aliphatic carbocycles. The van der Waals surface area contributed by atoms with Crippen molar-refractivity contribution in [1.82, 2.24) is 10.2 Å². The molecule has 1 aliphatic heterocycles. The molecule has 0 aromatic carbocycles. The zero-order chi connectivity index (χ0) is 10.1. The van der Waals surface area contributed by atoms with E-state index in [0.29, 0.717) is 23.9 Å². The summed E-state index contributed by atoms with van der Waals surface area (Å²) < 4.78 is 5.68. The number of hydrogen-bond acceptors (Lipinski definition) is 3. The van der Waals surface area contributed by atoms with Crippen LogP contribution in [0.4, 0.5) is 5.82 Å². The number of ether oxygens (including phenoxy) is 1. The van der Waals surface area contributed by atoms with Gasteiger partial charge in [0.05, 0.1) is 12.2 Å². The number of nitrogens with two attached hydrogens (primary N) is 1. The highest BCUT2D eigenvalue weighted by atomic mass is 16.5. The Labute approximate surface area is 83.8 Å². The first kappa shape index (κ1) is 9.52. The van der Waals surface area contributed by atoms with Gasteiger partial charge in [-0.2, -0.15) is 5.10 Å². The Morgan fingerprint density at radius 2 is 2.07 bits per heavy atom. The molecule has 78 valence electrons. The van der Waals surface area contributed by atoms with Crippen molar-refractivity contribution in [3.05, 3.63) is 11.8 Å². The molecule has 0 radical (unpaired) electrons. The maximum atomic E-state index is 5.68. The van der Waals surface area contributed by atoms with Gasteiger partial charge in [-0.15, -0.1) is 0 Å². The van der Waals surface area contributed by atoms with Crippen molar-refractivity contribution < 1.29 is 4.74 Å². The third kappa shape index (κ3) is 1.90. The number of anilines is 1. The second-order valence-corrected chi connectivity index (χ2v) is 4.17. The Hall–Kier alpha value is -1.03. The van der Waals surface area contributed by atoms with Crippen LogP contribution in [0.1, 0.15) is 38.3 Å². The standard InChI is InChI=1S/C10H17N3O/c1-6-3-8(4-7(2)14-6)9-5-10(11)13-12-9/h5-8H,3-4H2,1-2H3,(H3,11,12,13). The molecular weight excluding hydrogens is 178 g/mol. The zero-order valence-corrected chi connectivity index (χ0v) is 8.66. The monoisotopic (exact) mass is 195 g/mol. The minimum atomic E-state index is 0.327. The third-order valence-corrected chi connectivity index (χ3v) is 2.75. The molecule has 14 heavy (non-hydrogen) atoms. The van der Waals surface area contributed by atoms with Gasteiger partial charge >= 0.3 is 0 Å². The number of nitrogens with one attached hydrogen (secondary N) is 1. The average Bonchev–Trinajstić information content (AvgIpc) is 2.50. The van der Waals surface area contributed by atoms with E-state index in [2.05, 4.69) is 24.0 Å². The lowest BCUT2D eigenvalue weighted by Crippen LogP contribution is -2.28. The molecule has 2 unspecified atom stereocenters. The van der Waals surface area contributed by atoms with Crippen LogP contribution in [-0.4, -0.2) is 22.4 Å². The van der Waals surface area contributed by atoms with Crippen LogP contribution < -0.4 is 5.73 Å². The fourth-order valence-electron chi connectivity index (χ4n) is 2.22. The highest BCUT2D eigenvalue weighted by Gasteiger charge is 2.26. The van der Waals surface area contributed by atoms with Gasteiger partial charge in [-0.1, -0.05) is 0 Å². The number of nitrogen functional groups attached to an aromatic ring is 1. The van der Waals surface area contributed by atoms with Crippen molar-refractivity contribution in [1.29, 1.82) is 0 Å². The Balaban J connectivity index is 2.10. The predicted molar refractivity (Wildman–Crippen MR) is 55.0 cm³/mol. The number of nitrogens with zero attached hydrogens (tertiary/aromatic N) is 1. The van der Waals surface area contributed by atoms with E-state index >= 15 is 0 Å². The summed E-state index contributed by atoms with van der Waals surface area (Å²) >= 11 is 0. The Morgan fingerprint density at radius 1 is 1.43 bits per heavy atom. The quantitative estimate of drug-likeness (QED) is 0.716. The lowest BCUT2D eigenvalue weighted by atomic mass is 9.90. The molecule has 1 fully saturated rings. The first-order valence-electron chi connectivity index (χ1n) is 5.11. The third-order valence-electron chi connectivity index (χ3n) is 2.75. The fraction of sp³-hybridized carbons (Fsp3) is 0.700. The molecule has 2 rings (SSSR count). The van der Waals surface area contributed by atoms with Crippen LogP contribution in [-0.2, 0) is 4.74 Å². The summed E-state index contributed by atoms with van der Waals surface area (Å²) in [6.07, 6.45) is 2.75. The van der Waals surface area contributed by atoms with Crippen LogP contribution in [0, 0.1) is 0 Å². The van der Waals surface area contributed by atoms with Gasteiger partial charge in [-0.3, -0.25) is 5.10 Å². The lowest BCUT2D eigenvalue weighted by molar-refractivity contribution is -0.0385. The molecule has 0 amide bonds. The van der Waals surface area contributed by atoms with E-state index in [1.54, 1.807) is 0 Å². The second-order valence-electron chi connectivity index (χ2n) is 4.17. The molecule has 2 atom stereocenters. The van der Waals surface area contributed by atoms with Crippen molar-refractivity contribution in [3.63, 3.8) is 0 Å². The highest BCUT2D eigenvalue weighted by Crippen LogP contribution is 2.32. The molecule has 4 nitrogen and oxygen atoms in total. The van der Waals surface area contributed by atoms with Crippen LogP contribution in [0.2, 0.25) is 0 Å². The normalized spacial score (nSPS) is 33.1. The largest absolute Gasteiger partial charge is 0.382 e. The van der Waals surface area contributed by atoms with Gasteiger partial charge in [0.1, 0.15) is 5.82 Å². The molecule has 1 aliphatic rings. The minimum Gasteiger partial charge on any atom is -0.382 e. The van der Waals surface area contributed by atoms with E-state index in [1.165, 1.54) is 0 Å². The van der Waals surface area contributed by atoms with Crippen molar-refractivity contribution in [2.45, 2.75) is 44.8 Å². The van der Waals surface area contributed by atoms with E-state index < -0.39 is 0 Å².